The Bertz CT molecular complexity index is 216. The van der Waals surface area contributed by atoms with E-state index in [0.29, 0.717) is 5.92 Å². The summed E-state index contributed by atoms with van der Waals surface area (Å²) in [6.07, 6.45) is 4.46. The third-order valence-electron chi connectivity index (χ3n) is 1.87. The van der Waals surface area contributed by atoms with Crippen LogP contribution in [0.4, 0.5) is 0 Å². The Balaban J connectivity index is 2.46. The van der Waals surface area contributed by atoms with Crippen LogP contribution >= 0.6 is 0 Å². The fourth-order valence-electron chi connectivity index (χ4n) is 1.17. The van der Waals surface area contributed by atoms with Crippen molar-refractivity contribution in [2.45, 2.75) is 6.92 Å². The smallest absolute Gasteiger partial charge is 0.0269 e. The van der Waals surface area contributed by atoms with Crippen molar-refractivity contribution in [2.24, 2.45) is 5.92 Å². The van der Waals surface area contributed by atoms with Crippen LogP contribution in [0.1, 0.15) is 6.92 Å². The molecule has 0 radical (unpaired) electrons. The molecule has 0 saturated heterocycles. The van der Waals surface area contributed by atoms with Crippen LogP contribution in [-0.2, 0) is 0 Å². The first-order valence-electron chi connectivity index (χ1n) is 2.88. The second kappa shape index (κ2) is 0.970. The predicted molar refractivity (Wildman–Crippen MR) is 34.5 cm³/mol. The Morgan fingerprint density at radius 2 is 2.38 bits per heavy atom. The van der Waals surface area contributed by atoms with Gasteiger partial charge in [0, 0.05) is 5.92 Å². The third kappa shape index (κ3) is 0.313. The van der Waals surface area contributed by atoms with E-state index >= 15 is 0 Å². The molecular formula is C8H8. The van der Waals surface area contributed by atoms with Crippen molar-refractivity contribution in [2.75, 3.05) is 0 Å². The molecule has 8 heavy (non-hydrogen) atoms. The van der Waals surface area contributed by atoms with E-state index in [1.54, 1.807) is 0 Å². The first-order valence-corrected chi connectivity index (χ1v) is 2.88. The van der Waals surface area contributed by atoms with Crippen molar-refractivity contribution in [3.05, 3.63) is 35.5 Å². The van der Waals surface area contributed by atoms with Gasteiger partial charge in [-0.25, -0.2) is 0 Å². The summed E-state index contributed by atoms with van der Waals surface area (Å²) in [5.74, 6) is 0.662. The van der Waals surface area contributed by atoms with Gasteiger partial charge in [-0.1, -0.05) is 18.7 Å². The Morgan fingerprint density at radius 1 is 1.62 bits per heavy atom. The quantitative estimate of drug-likeness (QED) is 0.441. The highest BCUT2D eigenvalue weighted by Gasteiger charge is 2.31. The largest absolute Gasteiger partial charge is 0.0946 e. The lowest BCUT2D eigenvalue weighted by Gasteiger charge is -1.94. The van der Waals surface area contributed by atoms with Crippen molar-refractivity contribution in [3.8, 4) is 0 Å². The molecular weight excluding hydrogens is 96.1 g/mol. The summed E-state index contributed by atoms with van der Waals surface area (Å²) < 4.78 is 0. The van der Waals surface area contributed by atoms with Crippen molar-refractivity contribution in [3.63, 3.8) is 0 Å². The Hall–Kier alpha value is -0.780. The maximum Gasteiger partial charge on any atom is 0.0269 e. The Morgan fingerprint density at radius 3 is 2.62 bits per heavy atom. The molecule has 1 atom stereocenters. The monoisotopic (exact) mass is 104 g/mol. The van der Waals surface area contributed by atoms with Gasteiger partial charge in [-0.05, 0) is 23.6 Å². The highest BCUT2D eigenvalue weighted by Crippen LogP contribution is 2.45. The van der Waals surface area contributed by atoms with Gasteiger partial charge in [-0.2, -0.15) is 0 Å². The fourth-order valence-corrected chi connectivity index (χ4v) is 1.17. The van der Waals surface area contributed by atoms with Crippen LogP contribution < -0.4 is 0 Å². The molecule has 0 fully saturated rings. The molecule has 0 heteroatoms. The average molecular weight is 104 g/mol. The highest BCUT2D eigenvalue weighted by molar-refractivity contribution is 5.61. The van der Waals surface area contributed by atoms with Crippen LogP contribution in [0.3, 0.4) is 0 Å². The van der Waals surface area contributed by atoms with E-state index in [2.05, 4.69) is 25.7 Å². The van der Waals surface area contributed by atoms with Crippen LogP contribution in [0.5, 0.6) is 0 Å². The first-order chi connectivity index (χ1) is 3.79. The van der Waals surface area contributed by atoms with E-state index in [1.165, 1.54) is 16.7 Å². The van der Waals surface area contributed by atoms with E-state index in [4.69, 9.17) is 0 Å². The highest BCUT2D eigenvalue weighted by atomic mass is 14.3. The first kappa shape index (κ1) is 4.13. The molecule has 0 saturated carbocycles. The molecule has 2 aliphatic rings. The van der Waals surface area contributed by atoms with Gasteiger partial charge in [-0.15, -0.1) is 0 Å². The standard InChI is InChI=1S/C8H8/c1-5-3-7-4-8(7)6(5)2/h3-4,8H,2H2,1H3/t8-/m0/s1. The average Bonchev–Trinajstić information content (AvgIpc) is 2.39. The lowest BCUT2D eigenvalue weighted by Crippen LogP contribution is -1.79. The van der Waals surface area contributed by atoms with E-state index < -0.39 is 0 Å². The van der Waals surface area contributed by atoms with E-state index in [0.717, 1.165) is 0 Å². The molecule has 0 aliphatic heterocycles. The van der Waals surface area contributed by atoms with Gasteiger partial charge in [0.15, 0.2) is 0 Å². The minimum Gasteiger partial charge on any atom is -0.0946 e. The minimum absolute atomic E-state index is 0.662. The van der Waals surface area contributed by atoms with Gasteiger partial charge in [0.2, 0.25) is 0 Å². The molecule has 0 aromatic carbocycles. The van der Waals surface area contributed by atoms with E-state index in [1.807, 2.05) is 0 Å². The molecule has 0 unspecified atom stereocenters. The third-order valence-corrected chi connectivity index (χ3v) is 1.87. The van der Waals surface area contributed by atoms with Crippen molar-refractivity contribution in [1.29, 1.82) is 0 Å². The summed E-state index contributed by atoms with van der Waals surface area (Å²) in [4.78, 5) is 0. The zero-order valence-electron chi connectivity index (χ0n) is 4.94. The molecule has 0 heterocycles. The van der Waals surface area contributed by atoms with Crippen LogP contribution in [0.25, 0.3) is 0 Å². The number of rotatable bonds is 0. The summed E-state index contributed by atoms with van der Waals surface area (Å²) in [5.41, 5.74) is 4.15. The normalized spacial score (nSPS) is 31.6. The molecule has 2 rings (SSSR count). The van der Waals surface area contributed by atoms with Crippen LogP contribution in [0.15, 0.2) is 35.5 Å². The summed E-state index contributed by atoms with van der Waals surface area (Å²) >= 11 is 0. The van der Waals surface area contributed by atoms with E-state index in [-0.39, 0.29) is 0 Å². The molecule has 0 amide bonds. The number of hydrogen-bond donors (Lipinski definition) is 0. The van der Waals surface area contributed by atoms with E-state index in [9.17, 15) is 0 Å². The second-order valence-electron chi connectivity index (χ2n) is 2.50. The second-order valence-corrected chi connectivity index (χ2v) is 2.50. The molecule has 0 aromatic rings. The topological polar surface area (TPSA) is 0 Å². The maximum atomic E-state index is 3.94. The molecule has 0 spiro atoms. The van der Waals surface area contributed by atoms with Gasteiger partial charge in [0.1, 0.15) is 0 Å². The van der Waals surface area contributed by atoms with Gasteiger partial charge < -0.3 is 0 Å². The van der Waals surface area contributed by atoms with Gasteiger partial charge >= 0.3 is 0 Å². The summed E-state index contributed by atoms with van der Waals surface area (Å²) in [5, 5.41) is 0. The number of hydrogen-bond acceptors (Lipinski definition) is 0. The Kier molecular flexibility index (Phi) is 0.501. The van der Waals surface area contributed by atoms with Crippen LogP contribution in [0.2, 0.25) is 0 Å². The van der Waals surface area contributed by atoms with Gasteiger partial charge in [0.25, 0.3) is 0 Å². The van der Waals surface area contributed by atoms with Gasteiger partial charge in [0.05, 0.1) is 0 Å². The zero-order valence-corrected chi connectivity index (χ0v) is 4.94. The summed E-state index contributed by atoms with van der Waals surface area (Å²) in [6, 6.07) is 0. The summed E-state index contributed by atoms with van der Waals surface area (Å²) in [7, 11) is 0. The fraction of sp³-hybridized carbons (Fsp3) is 0.250. The maximum absolute atomic E-state index is 3.94. The predicted octanol–water partition coefficient (Wildman–Crippen LogP) is 2.06. The molecule has 40 valence electrons. The molecule has 0 nitrogen and oxygen atoms in total. The van der Waals surface area contributed by atoms with Crippen LogP contribution in [-0.4, -0.2) is 0 Å². The minimum atomic E-state index is 0.662. The Labute approximate surface area is 49.2 Å². The number of fused-ring (bicyclic) bond motifs is 1. The van der Waals surface area contributed by atoms with Crippen molar-refractivity contribution >= 4 is 0 Å². The lowest BCUT2D eigenvalue weighted by atomic mass is 10.1. The SMILES string of the molecule is C=C1C(C)=CC2=C[C@@H]12. The van der Waals surface area contributed by atoms with Crippen molar-refractivity contribution < 1.29 is 0 Å². The molecule has 2 aliphatic carbocycles. The molecule has 0 aromatic heterocycles. The summed E-state index contributed by atoms with van der Waals surface area (Å²) in [6.45, 7) is 6.06. The number of allylic oxidation sites excluding steroid dienone is 5. The zero-order chi connectivity index (χ0) is 5.72. The lowest BCUT2D eigenvalue weighted by molar-refractivity contribution is 1.14. The van der Waals surface area contributed by atoms with Crippen molar-refractivity contribution in [1.82, 2.24) is 0 Å². The molecule has 0 N–H and O–H groups in total. The molecule has 0 bridgehead atoms. The van der Waals surface area contributed by atoms with Crippen LogP contribution in [0, 0.1) is 5.92 Å². The van der Waals surface area contributed by atoms with Gasteiger partial charge in [-0.3, -0.25) is 0 Å².